The molecule has 0 radical (unpaired) electrons. The Morgan fingerprint density at radius 2 is 2.00 bits per heavy atom. The molecule has 0 aliphatic carbocycles. The Morgan fingerprint density at radius 3 is 2.70 bits per heavy atom. The summed E-state index contributed by atoms with van der Waals surface area (Å²) < 4.78 is 0. The number of aryl methyl sites for hydroxylation is 2. The highest BCUT2D eigenvalue weighted by Gasteiger charge is 2.20. The predicted molar refractivity (Wildman–Crippen MR) is 114 cm³/mol. The lowest BCUT2D eigenvalue weighted by Crippen LogP contribution is -2.51. The molecule has 2 heterocycles. The summed E-state index contributed by atoms with van der Waals surface area (Å²) in [6, 6.07) is 13.4. The van der Waals surface area contributed by atoms with Crippen molar-refractivity contribution in [1.82, 2.24) is 15.6 Å². The van der Waals surface area contributed by atoms with Crippen LogP contribution in [-0.2, 0) is 6.42 Å². The number of hydrogen-bond acceptors (Lipinski definition) is 3. The van der Waals surface area contributed by atoms with Gasteiger partial charge >= 0.3 is 0 Å². The maximum atomic E-state index is 4.40. The minimum atomic E-state index is 0.410. The zero-order valence-electron chi connectivity index (χ0n) is 16.7. The van der Waals surface area contributed by atoms with Gasteiger partial charge in [0, 0.05) is 50.3 Å². The summed E-state index contributed by atoms with van der Waals surface area (Å²) in [5, 5.41) is 7.03. The van der Waals surface area contributed by atoms with E-state index >= 15 is 0 Å². The lowest BCUT2D eigenvalue weighted by molar-refractivity contribution is 0.468. The van der Waals surface area contributed by atoms with Gasteiger partial charge in [-0.05, 0) is 56.9 Å². The largest absolute Gasteiger partial charge is 0.369 e. The molecule has 1 fully saturated rings. The summed E-state index contributed by atoms with van der Waals surface area (Å²) in [6.45, 7) is 7.11. The third-order valence-corrected chi connectivity index (χ3v) is 5.06. The van der Waals surface area contributed by atoms with Crippen LogP contribution < -0.4 is 15.5 Å². The van der Waals surface area contributed by atoms with Crippen LogP contribution in [0.5, 0.6) is 0 Å². The van der Waals surface area contributed by atoms with E-state index in [1.807, 2.05) is 20.2 Å². The van der Waals surface area contributed by atoms with Gasteiger partial charge in [0.25, 0.3) is 0 Å². The Balaban J connectivity index is 1.48. The number of benzene rings is 1. The van der Waals surface area contributed by atoms with Crippen molar-refractivity contribution in [3.63, 3.8) is 0 Å². The molecule has 0 amide bonds. The standard InChI is InChI=1S/C22H31N5/c1-17-6-10-21(11-7-17)27-14-4-5-20(16-27)26-22(23-3)24-13-12-19-9-8-18(2)25-15-19/h6-11,15,20H,4-5,12-14,16H2,1-3H3,(H2,23,24,26). The Labute approximate surface area is 162 Å². The van der Waals surface area contributed by atoms with Gasteiger partial charge < -0.3 is 15.5 Å². The van der Waals surface area contributed by atoms with E-state index in [0.29, 0.717) is 6.04 Å². The average Bonchev–Trinajstić information content (AvgIpc) is 2.69. The zero-order chi connectivity index (χ0) is 19.1. The number of aromatic nitrogens is 1. The molecular formula is C22H31N5. The molecule has 5 nitrogen and oxygen atoms in total. The molecule has 2 N–H and O–H groups in total. The molecular weight excluding hydrogens is 334 g/mol. The van der Waals surface area contributed by atoms with Crippen LogP contribution in [0.4, 0.5) is 5.69 Å². The van der Waals surface area contributed by atoms with Crippen molar-refractivity contribution in [2.75, 3.05) is 31.6 Å². The van der Waals surface area contributed by atoms with E-state index in [-0.39, 0.29) is 0 Å². The summed E-state index contributed by atoms with van der Waals surface area (Å²) in [4.78, 5) is 11.2. The first kappa shape index (κ1) is 19.2. The van der Waals surface area contributed by atoms with E-state index in [2.05, 4.69) is 68.8 Å². The fraction of sp³-hybridized carbons (Fsp3) is 0.455. The highest BCUT2D eigenvalue weighted by Crippen LogP contribution is 2.20. The number of nitrogens with one attached hydrogen (secondary N) is 2. The van der Waals surface area contributed by atoms with Crippen molar-refractivity contribution in [2.45, 2.75) is 39.2 Å². The summed E-state index contributed by atoms with van der Waals surface area (Å²) in [7, 11) is 1.84. The van der Waals surface area contributed by atoms with E-state index in [0.717, 1.165) is 37.7 Å². The molecule has 2 aromatic rings. The quantitative estimate of drug-likeness (QED) is 0.632. The van der Waals surface area contributed by atoms with E-state index in [4.69, 9.17) is 0 Å². The van der Waals surface area contributed by atoms with Crippen LogP contribution in [-0.4, -0.2) is 43.7 Å². The second-order valence-electron chi connectivity index (χ2n) is 7.32. The van der Waals surface area contributed by atoms with Crippen LogP contribution in [0.15, 0.2) is 47.6 Å². The molecule has 1 aromatic heterocycles. The van der Waals surface area contributed by atoms with Gasteiger partial charge in [-0.1, -0.05) is 23.8 Å². The molecule has 1 unspecified atom stereocenters. The topological polar surface area (TPSA) is 52.6 Å². The molecule has 0 bridgehead atoms. The zero-order valence-corrected chi connectivity index (χ0v) is 16.7. The first-order valence-electron chi connectivity index (χ1n) is 9.84. The maximum absolute atomic E-state index is 4.40. The second kappa shape index (κ2) is 9.40. The highest BCUT2D eigenvalue weighted by atomic mass is 15.2. The molecule has 1 aromatic carbocycles. The smallest absolute Gasteiger partial charge is 0.191 e. The molecule has 1 atom stereocenters. The van der Waals surface area contributed by atoms with E-state index in [1.54, 1.807) is 0 Å². The number of piperidine rings is 1. The molecule has 1 saturated heterocycles. The summed E-state index contributed by atoms with van der Waals surface area (Å²) in [5.74, 6) is 0.880. The van der Waals surface area contributed by atoms with Crippen LogP contribution in [0.1, 0.15) is 29.7 Å². The molecule has 1 aliphatic heterocycles. The third kappa shape index (κ3) is 5.71. The fourth-order valence-corrected chi connectivity index (χ4v) is 3.44. The summed E-state index contributed by atoms with van der Waals surface area (Å²) >= 11 is 0. The Hall–Kier alpha value is -2.56. The minimum absolute atomic E-state index is 0.410. The van der Waals surface area contributed by atoms with Gasteiger partial charge in [0.05, 0.1) is 0 Å². The summed E-state index contributed by atoms with van der Waals surface area (Å²) in [6.07, 6.45) is 5.25. The molecule has 0 saturated carbocycles. The number of hydrogen-bond donors (Lipinski definition) is 2. The Kier molecular flexibility index (Phi) is 6.69. The van der Waals surface area contributed by atoms with Crippen LogP contribution >= 0.6 is 0 Å². The van der Waals surface area contributed by atoms with Crippen molar-refractivity contribution in [3.05, 3.63) is 59.4 Å². The van der Waals surface area contributed by atoms with E-state index in [1.165, 1.54) is 29.7 Å². The molecule has 3 rings (SSSR count). The van der Waals surface area contributed by atoms with Crippen LogP contribution in [0.2, 0.25) is 0 Å². The maximum Gasteiger partial charge on any atom is 0.191 e. The fourth-order valence-electron chi connectivity index (χ4n) is 3.44. The number of anilines is 1. The lowest BCUT2D eigenvalue weighted by Gasteiger charge is -2.35. The van der Waals surface area contributed by atoms with Gasteiger partial charge in [-0.2, -0.15) is 0 Å². The van der Waals surface area contributed by atoms with Gasteiger partial charge in [0.1, 0.15) is 0 Å². The van der Waals surface area contributed by atoms with Crippen LogP contribution in [0, 0.1) is 13.8 Å². The molecule has 27 heavy (non-hydrogen) atoms. The average molecular weight is 366 g/mol. The van der Waals surface area contributed by atoms with Crippen molar-refractivity contribution >= 4 is 11.6 Å². The predicted octanol–water partition coefficient (Wildman–Crippen LogP) is 3.07. The third-order valence-electron chi connectivity index (χ3n) is 5.06. The first-order valence-corrected chi connectivity index (χ1v) is 9.84. The molecule has 1 aliphatic rings. The van der Waals surface area contributed by atoms with Gasteiger partial charge in [-0.25, -0.2) is 0 Å². The van der Waals surface area contributed by atoms with Gasteiger partial charge in [0.2, 0.25) is 0 Å². The van der Waals surface area contributed by atoms with Gasteiger partial charge in [-0.15, -0.1) is 0 Å². The van der Waals surface area contributed by atoms with Crippen molar-refractivity contribution in [1.29, 1.82) is 0 Å². The lowest BCUT2D eigenvalue weighted by atomic mass is 10.0. The summed E-state index contributed by atoms with van der Waals surface area (Å²) in [5.41, 5.74) is 4.91. The first-order chi connectivity index (χ1) is 13.1. The SMILES string of the molecule is CN=C(NCCc1ccc(C)nc1)NC1CCCN(c2ccc(C)cc2)C1. The van der Waals surface area contributed by atoms with Crippen molar-refractivity contribution in [3.8, 4) is 0 Å². The molecule has 144 valence electrons. The monoisotopic (exact) mass is 365 g/mol. The number of nitrogens with zero attached hydrogens (tertiary/aromatic N) is 3. The van der Waals surface area contributed by atoms with Crippen molar-refractivity contribution in [2.24, 2.45) is 4.99 Å². The Morgan fingerprint density at radius 1 is 1.19 bits per heavy atom. The Bertz CT molecular complexity index is 736. The second-order valence-corrected chi connectivity index (χ2v) is 7.32. The normalized spacial score (nSPS) is 17.7. The van der Waals surface area contributed by atoms with E-state index < -0.39 is 0 Å². The highest BCUT2D eigenvalue weighted by molar-refractivity contribution is 5.80. The van der Waals surface area contributed by atoms with Gasteiger partial charge in [-0.3, -0.25) is 9.98 Å². The number of guanidine groups is 1. The van der Waals surface area contributed by atoms with Crippen LogP contribution in [0.3, 0.4) is 0 Å². The van der Waals surface area contributed by atoms with Gasteiger partial charge in [0.15, 0.2) is 5.96 Å². The minimum Gasteiger partial charge on any atom is -0.369 e. The molecule has 5 heteroatoms. The number of pyridine rings is 1. The van der Waals surface area contributed by atoms with E-state index in [9.17, 15) is 0 Å². The molecule has 0 spiro atoms. The van der Waals surface area contributed by atoms with Crippen molar-refractivity contribution < 1.29 is 0 Å². The number of rotatable bonds is 5. The van der Waals surface area contributed by atoms with Crippen LogP contribution in [0.25, 0.3) is 0 Å². The number of aliphatic imine (C=N–C) groups is 1.